The van der Waals surface area contributed by atoms with Crippen LogP contribution in [0, 0.1) is 0 Å². The number of amidine groups is 1. The monoisotopic (exact) mass is 488 g/mol. The summed E-state index contributed by atoms with van der Waals surface area (Å²) in [5.41, 5.74) is 1.43. The highest BCUT2D eigenvalue weighted by Gasteiger charge is 2.30. The van der Waals surface area contributed by atoms with E-state index < -0.39 is 5.97 Å². The minimum absolute atomic E-state index is 0.146. The molecule has 0 radical (unpaired) electrons. The number of ether oxygens (including phenoxy) is 1. The summed E-state index contributed by atoms with van der Waals surface area (Å²) in [6, 6.07) is 12.0. The van der Waals surface area contributed by atoms with E-state index in [0.29, 0.717) is 22.4 Å². The van der Waals surface area contributed by atoms with Crippen LogP contribution in [0.2, 0.25) is 0 Å². The first kappa shape index (κ1) is 22.1. The number of hydrogen-bond acceptors (Lipinski definition) is 5. The Morgan fingerprint density at radius 1 is 1.30 bits per heavy atom. The SMILES string of the molecule is CCCCOc1ccc(Br)cc1/C=C1/SC(=Nc2cccc(C(=O)O)c2)N(C)C1=O. The Hall–Kier alpha value is -2.58. The van der Waals surface area contributed by atoms with Gasteiger partial charge in [0.25, 0.3) is 5.91 Å². The maximum Gasteiger partial charge on any atom is 0.335 e. The first-order valence-electron chi connectivity index (χ1n) is 9.41. The maximum absolute atomic E-state index is 12.8. The normalized spacial score (nSPS) is 16.5. The molecule has 2 aromatic carbocycles. The quantitative estimate of drug-likeness (QED) is 0.407. The Kier molecular flexibility index (Phi) is 7.33. The Balaban J connectivity index is 1.89. The predicted molar refractivity (Wildman–Crippen MR) is 123 cm³/mol. The van der Waals surface area contributed by atoms with Crippen molar-refractivity contribution in [2.24, 2.45) is 4.99 Å². The summed E-state index contributed by atoms with van der Waals surface area (Å²) in [4.78, 5) is 30.4. The van der Waals surface area contributed by atoms with E-state index in [0.717, 1.165) is 28.6 Å². The number of likely N-dealkylation sites (N-methyl/N-ethyl adjacent to an activating group) is 1. The molecule has 2 aromatic rings. The van der Waals surface area contributed by atoms with Crippen molar-refractivity contribution in [1.82, 2.24) is 4.90 Å². The maximum atomic E-state index is 12.8. The minimum Gasteiger partial charge on any atom is -0.493 e. The molecule has 1 heterocycles. The van der Waals surface area contributed by atoms with E-state index in [9.17, 15) is 9.59 Å². The van der Waals surface area contributed by atoms with Crippen LogP contribution < -0.4 is 4.74 Å². The molecule has 1 fully saturated rings. The number of hydrogen-bond donors (Lipinski definition) is 1. The zero-order valence-corrected chi connectivity index (χ0v) is 19.0. The van der Waals surface area contributed by atoms with Gasteiger partial charge in [-0.15, -0.1) is 0 Å². The third-order valence-electron chi connectivity index (χ3n) is 4.34. The number of carboxylic acids is 1. The smallest absolute Gasteiger partial charge is 0.335 e. The molecule has 1 amide bonds. The van der Waals surface area contributed by atoms with Crippen molar-refractivity contribution in [2.45, 2.75) is 19.8 Å². The number of carbonyl (C=O) groups excluding carboxylic acids is 1. The number of aliphatic imine (C=N–C) groups is 1. The first-order valence-corrected chi connectivity index (χ1v) is 11.0. The number of carboxylic acid groups (broad SMARTS) is 1. The van der Waals surface area contributed by atoms with E-state index >= 15 is 0 Å². The fraction of sp³-hybridized carbons (Fsp3) is 0.227. The van der Waals surface area contributed by atoms with E-state index in [1.54, 1.807) is 25.3 Å². The standard InChI is InChI=1S/C22H21BrN2O4S/c1-3-4-10-29-18-9-8-16(23)11-15(18)13-19-20(26)25(2)22(30-19)24-17-7-5-6-14(12-17)21(27)28/h5-9,11-13H,3-4,10H2,1-2H3,(H,27,28)/b19-13+,24-22?. The third-order valence-corrected chi connectivity index (χ3v) is 5.89. The lowest BCUT2D eigenvalue weighted by molar-refractivity contribution is -0.121. The molecule has 6 nitrogen and oxygen atoms in total. The van der Waals surface area contributed by atoms with Crippen molar-refractivity contribution >= 4 is 56.5 Å². The molecule has 0 aliphatic carbocycles. The summed E-state index contributed by atoms with van der Waals surface area (Å²) in [7, 11) is 1.65. The van der Waals surface area contributed by atoms with Gasteiger partial charge >= 0.3 is 5.97 Å². The van der Waals surface area contributed by atoms with Gasteiger partial charge in [0, 0.05) is 17.1 Å². The highest BCUT2D eigenvalue weighted by molar-refractivity contribution is 9.10. The summed E-state index contributed by atoms with van der Waals surface area (Å²) in [5.74, 6) is -0.478. The van der Waals surface area contributed by atoms with Crippen LogP contribution in [-0.4, -0.2) is 40.7 Å². The molecule has 0 atom stereocenters. The number of rotatable bonds is 7. The van der Waals surface area contributed by atoms with Crippen molar-refractivity contribution < 1.29 is 19.4 Å². The second-order valence-electron chi connectivity index (χ2n) is 6.61. The summed E-state index contributed by atoms with van der Waals surface area (Å²) in [6.45, 7) is 2.71. The molecular weight excluding hydrogens is 468 g/mol. The van der Waals surface area contributed by atoms with Crippen molar-refractivity contribution in [3.63, 3.8) is 0 Å². The summed E-state index contributed by atoms with van der Waals surface area (Å²) in [6.07, 6.45) is 3.79. The van der Waals surface area contributed by atoms with Crippen LogP contribution in [0.15, 0.2) is 56.8 Å². The van der Waals surface area contributed by atoms with E-state index in [4.69, 9.17) is 9.84 Å². The lowest BCUT2D eigenvalue weighted by atomic mass is 10.2. The zero-order chi connectivity index (χ0) is 21.7. The van der Waals surface area contributed by atoms with Gasteiger partial charge in [-0.25, -0.2) is 9.79 Å². The van der Waals surface area contributed by atoms with E-state index in [-0.39, 0.29) is 11.5 Å². The average molecular weight is 489 g/mol. The Morgan fingerprint density at radius 2 is 2.10 bits per heavy atom. The van der Waals surface area contributed by atoms with E-state index in [1.165, 1.54) is 28.8 Å². The fourth-order valence-corrected chi connectivity index (χ4v) is 4.06. The largest absolute Gasteiger partial charge is 0.493 e. The van der Waals surface area contributed by atoms with Crippen LogP contribution in [0.5, 0.6) is 5.75 Å². The number of aromatic carboxylic acids is 1. The van der Waals surface area contributed by atoms with Crippen molar-refractivity contribution in [3.05, 3.63) is 63.0 Å². The second kappa shape index (κ2) is 9.95. The summed E-state index contributed by atoms with van der Waals surface area (Å²) >= 11 is 4.71. The van der Waals surface area contributed by atoms with Crippen LogP contribution in [0.3, 0.4) is 0 Å². The number of thioether (sulfide) groups is 1. The van der Waals surface area contributed by atoms with Gasteiger partial charge in [-0.05, 0) is 60.7 Å². The highest BCUT2D eigenvalue weighted by atomic mass is 79.9. The minimum atomic E-state index is -1.02. The number of halogens is 1. The highest BCUT2D eigenvalue weighted by Crippen LogP contribution is 2.35. The molecule has 0 unspecified atom stereocenters. The lowest BCUT2D eigenvalue weighted by Gasteiger charge is -2.10. The Labute approximate surface area is 187 Å². The molecule has 8 heteroatoms. The number of benzene rings is 2. The molecule has 0 bridgehead atoms. The molecule has 0 saturated carbocycles. The van der Waals surface area contributed by atoms with Crippen LogP contribution >= 0.6 is 27.7 Å². The van der Waals surface area contributed by atoms with Crippen LogP contribution in [0.25, 0.3) is 6.08 Å². The van der Waals surface area contributed by atoms with Crippen molar-refractivity contribution in [1.29, 1.82) is 0 Å². The van der Waals surface area contributed by atoms with Crippen molar-refractivity contribution in [3.8, 4) is 5.75 Å². The molecule has 0 aromatic heterocycles. The van der Waals surface area contributed by atoms with Gasteiger partial charge in [0.05, 0.1) is 22.8 Å². The third kappa shape index (κ3) is 5.31. The van der Waals surface area contributed by atoms with Gasteiger partial charge in [0.1, 0.15) is 5.75 Å². The number of amides is 1. The average Bonchev–Trinajstić information content (AvgIpc) is 2.98. The van der Waals surface area contributed by atoms with Gasteiger partial charge in [-0.3, -0.25) is 9.69 Å². The predicted octanol–water partition coefficient (Wildman–Crippen LogP) is 5.56. The van der Waals surface area contributed by atoms with Crippen LogP contribution in [-0.2, 0) is 4.79 Å². The summed E-state index contributed by atoms with van der Waals surface area (Å²) < 4.78 is 6.77. The topological polar surface area (TPSA) is 79.2 Å². The summed E-state index contributed by atoms with van der Waals surface area (Å²) in [5, 5.41) is 9.64. The molecule has 0 spiro atoms. The van der Waals surface area contributed by atoms with Gasteiger partial charge in [-0.2, -0.15) is 0 Å². The molecular formula is C22H21BrN2O4S. The van der Waals surface area contributed by atoms with Gasteiger partial charge in [0.15, 0.2) is 5.17 Å². The zero-order valence-electron chi connectivity index (χ0n) is 16.6. The molecule has 3 rings (SSSR count). The molecule has 156 valence electrons. The van der Waals surface area contributed by atoms with Crippen LogP contribution in [0.4, 0.5) is 5.69 Å². The Bertz CT molecular complexity index is 1040. The number of carbonyl (C=O) groups is 2. The lowest BCUT2D eigenvalue weighted by Crippen LogP contribution is -2.23. The molecule has 1 saturated heterocycles. The van der Waals surface area contributed by atoms with Gasteiger partial charge < -0.3 is 9.84 Å². The fourth-order valence-electron chi connectivity index (χ4n) is 2.70. The number of unbranched alkanes of at least 4 members (excludes halogenated alkanes) is 1. The second-order valence-corrected chi connectivity index (χ2v) is 8.53. The van der Waals surface area contributed by atoms with E-state index in [2.05, 4.69) is 27.8 Å². The van der Waals surface area contributed by atoms with Gasteiger partial charge in [-0.1, -0.05) is 35.3 Å². The molecule has 1 N–H and O–H groups in total. The molecule has 1 aliphatic rings. The Morgan fingerprint density at radius 3 is 2.83 bits per heavy atom. The van der Waals surface area contributed by atoms with Crippen molar-refractivity contribution in [2.75, 3.05) is 13.7 Å². The first-order chi connectivity index (χ1) is 14.4. The molecule has 30 heavy (non-hydrogen) atoms. The molecule has 1 aliphatic heterocycles. The van der Waals surface area contributed by atoms with Crippen LogP contribution in [0.1, 0.15) is 35.7 Å². The number of nitrogens with zero attached hydrogens (tertiary/aromatic N) is 2. The van der Waals surface area contributed by atoms with E-state index in [1.807, 2.05) is 18.2 Å². The van der Waals surface area contributed by atoms with Gasteiger partial charge in [0.2, 0.25) is 0 Å².